The van der Waals surface area contributed by atoms with Crippen LogP contribution in [0.5, 0.6) is 0 Å². The highest BCUT2D eigenvalue weighted by atomic mass is 35.5. The molecule has 3 nitrogen and oxygen atoms in total. The van der Waals surface area contributed by atoms with Crippen LogP contribution < -0.4 is 5.32 Å². The van der Waals surface area contributed by atoms with Crippen molar-refractivity contribution < 1.29 is 0 Å². The second kappa shape index (κ2) is 5.17. The monoisotopic (exact) mass is 275 g/mol. The van der Waals surface area contributed by atoms with E-state index in [1.54, 1.807) is 0 Å². The average Bonchev–Trinajstić information content (AvgIpc) is 3.06. The van der Waals surface area contributed by atoms with Crippen LogP contribution >= 0.6 is 23.2 Å². The van der Waals surface area contributed by atoms with Crippen molar-refractivity contribution in [3.8, 4) is 0 Å². The van der Waals surface area contributed by atoms with Crippen LogP contribution in [0.2, 0.25) is 5.02 Å². The molecule has 0 amide bonds. The van der Waals surface area contributed by atoms with E-state index in [4.69, 9.17) is 23.2 Å². The predicted octanol–water partition coefficient (Wildman–Crippen LogP) is 2.97. The third kappa shape index (κ3) is 2.78. The molecule has 1 aliphatic rings. The van der Waals surface area contributed by atoms with Crippen molar-refractivity contribution in [2.75, 3.05) is 12.4 Å². The van der Waals surface area contributed by atoms with Gasteiger partial charge in [0.15, 0.2) is 0 Å². The van der Waals surface area contributed by atoms with Crippen LogP contribution in [0.15, 0.2) is 0 Å². The molecular weight excluding hydrogens is 257 g/mol. The Balaban J connectivity index is 1.94. The molecule has 1 aliphatic carbocycles. The zero-order valence-corrected chi connectivity index (χ0v) is 11.9. The van der Waals surface area contributed by atoms with E-state index in [2.05, 4.69) is 17.3 Å². The van der Waals surface area contributed by atoms with Crippen LogP contribution in [0.1, 0.15) is 31.2 Å². The summed E-state index contributed by atoms with van der Waals surface area (Å²) in [7, 11) is 0. The molecule has 17 heavy (non-hydrogen) atoms. The molecule has 0 spiro atoms. The van der Waals surface area contributed by atoms with Gasteiger partial charge in [0, 0.05) is 25.5 Å². The highest BCUT2D eigenvalue weighted by Crippen LogP contribution is 2.45. The maximum atomic E-state index is 6.24. The highest BCUT2D eigenvalue weighted by Gasteiger charge is 2.41. The summed E-state index contributed by atoms with van der Waals surface area (Å²) in [5.74, 6) is 0.750. The normalized spacial score (nSPS) is 17.4. The molecule has 1 fully saturated rings. The summed E-state index contributed by atoms with van der Waals surface area (Å²) in [5.41, 5.74) is 2.33. The quantitative estimate of drug-likeness (QED) is 0.809. The molecule has 1 aromatic heterocycles. The summed E-state index contributed by atoms with van der Waals surface area (Å²) in [4.78, 5) is 0. The summed E-state index contributed by atoms with van der Waals surface area (Å²) in [6.07, 6.45) is 2.48. The molecule has 0 atom stereocenters. The first-order valence-electron chi connectivity index (χ1n) is 6.10. The lowest BCUT2D eigenvalue weighted by molar-refractivity contribution is 0.489. The molecule has 1 heterocycles. The Hall–Kier alpha value is -0.250. The standard InChI is InChI=1S/C12H19Cl2N3/c1-3-17-10(11(14)9(2)16-17)6-15-8-12(7-13)4-5-12/h15H,3-8H2,1-2H3. The minimum atomic E-state index is 0.347. The third-order valence-corrected chi connectivity index (χ3v) is 4.54. The largest absolute Gasteiger partial charge is 0.311 e. The number of aromatic nitrogens is 2. The predicted molar refractivity (Wildman–Crippen MR) is 71.7 cm³/mol. The average molecular weight is 276 g/mol. The smallest absolute Gasteiger partial charge is 0.0860 e. The van der Waals surface area contributed by atoms with Gasteiger partial charge in [-0.25, -0.2) is 0 Å². The fraction of sp³-hybridized carbons (Fsp3) is 0.750. The van der Waals surface area contributed by atoms with Gasteiger partial charge in [-0.3, -0.25) is 4.68 Å². The van der Waals surface area contributed by atoms with Crippen LogP contribution in [0, 0.1) is 12.3 Å². The molecule has 0 unspecified atom stereocenters. The number of hydrogen-bond acceptors (Lipinski definition) is 2. The molecule has 1 aromatic rings. The molecular formula is C12H19Cl2N3. The van der Waals surface area contributed by atoms with Gasteiger partial charge in [0.2, 0.25) is 0 Å². The Kier molecular flexibility index (Phi) is 4.01. The second-order valence-electron chi connectivity index (χ2n) is 4.90. The Bertz CT molecular complexity index is 397. The van der Waals surface area contributed by atoms with Gasteiger partial charge in [-0.15, -0.1) is 11.6 Å². The first kappa shape index (κ1) is 13.2. The number of aryl methyl sites for hydroxylation is 2. The topological polar surface area (TPSA) is 29.9 Å². The van der Waals surface area contributed by atoms with Crippen LogP contribution in [-0.4, -0.2) is 22.2 Å². The fourth-order valence-corrected chi connectivity index (χ4v) is 2.58. The lowest BCUT2D eigenvalue weighted by Gasteiger charge is -2.13. The lowest BCUT2D eigenvalue weighted by Crippen LogP contribution is -2.26. The maximum Gasteiger partial charge on any atom is 0.0860 e. The Morgan fingerprint density at radius 1 is 1.47 bits per heavy atom. The van der Waals surface area contributed by atoms with Crippen molar-refractivity contribution >= 4 is 23.2 Å². The molecule has 2 rings (SSSR count). The number of hydrogen-bond donors (Lipinski definition) is 1. The van der Waals surface area contributed by atoms with Gasteiger partial charge in [0.1, 0.15) is 0 Å². The summed E-state index contributed by atoms with van der Waals surface area (Å²) < 4.78 is 1.96. The SMILES string of the molecule is CCn1nc(C)c(Cl)c1CNCC1(CCl)CC1. The minimum Gasteiger partial charge on any atom is -0.311 e. The molecule has 5 heteroatoms. The Morgan fingerprint density at radius 2 is 2.18 bits per heavy atom. The molecule has 0 aromatic carbocycles. The van der Waals surface area contributed by atoms with E-state index in [1.807, 2.05) is 11.6 Å². The third-order valence-electron chi connectivity index (χ3n) is 3.49. The van der Waals surface area contributed by atoms with Crippen LogP contribution in [0.3, 0.4) is 0 Å². The molecule has 0 radical (unpaired) electrons. The first-order chi connectivity index (χ1) is 8.12. The van der Waals surface area contributed by atoms with E-state index < -0.39 is 0 Å². The van der Waals surface area contributed by atoms with E-state index in [0.29, 0.717) is 5.41 Å². The number of nitrogens with one attached hydrogen (secondary N) is 1. The molecule has 0 aliphatic heterocycles. The fourth-order valence-electron chi connectivity index (χ4n) is 2.02. The van der Waals surface area contributed by atoms with Crippen LogP contribution in [0.25, 0.3) is 0 Å². The first-order valence-corrected chi connectivity index (χ1v) is 7.01. The van der Waals surface area contributed by atoms with Gasteiger partial charge in [-0.05, 0) is 32.1 Å². The molecule has 96 valence electrons. The number of rotatable bonds is 6. The molecule has 1 N–H and O–H groups in total. The van der Waals surface area contributed by atoms with Gasteiger partial charge in [-0.1, -0.05) is 11.6 Å². The summed E-state index contributed by atoms with van der Waals surface area (Å²) in [6.45, 7) is 6.62. The highest BCUT2D eigenvalue weighted by molar-refractivity contribution is 6.31. The summed E-state index contributed by atoms with van der Waals surface area (Å²) in [6, 6.07) is 0. The number of nitrogens with zero attached hydrogens (tertiary/aromatic N) is 2. The van der Waals surface area contributed by atoms with Gasteiger partial charge >= 0.3 is 0 Å². The van der Waals surface area contributed by atoms with Crippen molar-refractivity contribution in [3.05, 3.63) is 16.4 Å². The maximum absolute atomic E-state index is 6.24. The molecule has 0 bridgehead atoms. The van der Waals surface area contributed by atoms with E-state index in [9.17, 15) is 0 Å². The molecule has 0 saturated heterocycles. The molecule has 1 saturated carbocycles. The lowest BCUT2D eigenvalue weighted by atomic mass is 10.1. The zero-order chi connectivity index (χ0) is 12.5. The van der Waals surface area contributed by atoms with Gasteiger partial charge in [0.05, 0.1) is 16.4 Å². The van der Waals surface area contributed by atoms with Crippen molar-refractivity contribution in [1.82, 2.24) is 15.1 Å². The minimum absolute atomic E-state index is 0.347. The van der Waals surface area contributed by atoms with E-state index in [-0.39, 0.29) is 0 Å². The van der Waals surface area contributed by atoms with Gasteiger partial charge < -0.3 is 5.32 Å². The summed E-state index contributed by atoms with van der Waals surface area (Å²) >= 11 is 12.2. The Morgan fingerprint density at radius 3 is 2.71 bits per heavy atom. The van der Waals surface area contributed by atoms with Crippen LogP contribution in [0.4, 0.5) is 0 Å². The Labute approximate surface area is 112 Å². The van der Waals surface area contributed by atoms with E-state index in [0.717, 1.165) is 41.9 Å². The van der Waals surface area contributed by atoms with Crippen molar-refractivity contribution in [1.29, 1.82) is 0 Å². The van der Waals surface area contributed by atoms with Gasteiger partial charge in [0.25, 0.3) is 0 Å². The second-order valence-corrected chi connectivity index (χ2v) is 5.54. The van der Waals surface area contributed by atoms with Crippen molar-refractivity contribution in [2.45, 2.75) is 39.8 Å². The number of halogens is 2. The summed E-state index contributed by atoms with van der Waals surface area (Å²) in [5, 5.41) is 8.64. The van der Waals surface area contributed by atoms with Crippen molar-refractivity contribution in [2.24, 2.45) is 5.41 Å². The van der Waals surface area contributed by atoms with Gasteiger partial charge in [-0.2, -0.15) is 5.10 Å². The number of alkyl halides is 1. The van der Waals surface area contributed by atoms with Crippen molar-refractivity contribution in [3.63, 3.8) is 0 Å². The van der Waals surface area contributed by atoms with E-state index >= 15 is 0 Å². The van der Waals surface area contributed by atoms with Crippen LogP contribution in [-0.2, 0) is 13.1 Å². The zero-order valence-electron chi connectivity index (χ0n) is 10.4. The van der Waals surface area contributed by atoms with E-state index in [1.165, 1.54) is 12.8 Å².